The molecule has 0 spiro atoms. The number of carbonyl (C=O) groups excluding carboxylic acids is 2. The van der Waals surface area contributed by atoms with Crippen LogP contribution in [-0.2, 0) is 16.1 Å². The van der Waals surface area contributed by atoms with Crippen molar-refractivity contribution in [3.8, 4) is 17.2 Å². The van der Waals surface area contributed by atoms with E-state index in [1.807, 2.05) is 0 Å². The smallest absolute Gasteiger partial charge is 0.355 e. The highest BCUT2D eigenvalue weighted by atomic mass is 16.7. The summed E-state index contributed by atoms with van der Waals surface area (Å²) >= 11 is 0. The van der Waals surface area contributed by atoms with Crippen molar-refractivity contribution in [2.45, 2.75) is 6.61 Å². The molecule has 8 nitrogen and oxygen atoms in total. The van der Waals surface area contributed by atoms with Crippen molar-refractivity contribution in [2.24, 2.45) is 0 Å². The van der Waals surface area contributed by atoms with E-state index in [1.54, 1.807) is 54.6 Å². The molecule has 8 heteroatoms. The van der Waals surface area contributed by atoms with Crippen LogP contribution in [0.1, 0.15) is 21.7 Å². The van der Waals surface area contributed by atoms with Crippen molar-refractivity contribution in [3.63, 3.8) is 0 Å². The van der Waals surface area contributed by atoms with E-state index in [0.29, 0.717) is 34.1 Å². The number of fused-ring (bicyclic) bond motifs is 1. The highest BCUT2D eigenvalue weighted by molar-refractivity contribution is 6.03. The Morgan fingerprint density at radius 1 is 1.06 bits per heavy atom. The normalized spacial score (nSPS) is 12.4. The molecule has 0 saturated heterocycles. The van der Waals surface area contributed by atoms with Gasteiger partial charge in [0, 0.05) is 5.56 Å². The number of furan rings is 1. The SMILES string of the molecule is COc1ccc(C(=O)N/C(=C/c2ccc3c(c2)OCO3)C(=O)OCc2ccco2)cc1. The lowest BCUT2D eigenvalue weighted by atomic mass is 10.1. The molecule has 158 valence electrons. The predicted octanol–water partition coefficient (Wildman–Crippen LogP) is 3.53. The first-order chi connectivity index (χ1) is 15.1. The average molecular weight is 421 g/mol. The van der Waals surface area contributed by atoms with Gasteiger partial charge in [-0.15, -0.1) is 0 Å². The molecule has 1 aliphatic rings. The minimum absolute atomic E-state index is 0.0359. The molecule has 0 aliphatic carbocycles. The number of carbonyl (C=O) groups is 2. The molecule has 0 saturated carbocycles. The Morgan fingerprint density at radius 2 is 1.87 bits per heavy atom. The molecule has 1 aliphatic heterocycles. The standard InChI is InChI=1S/C23H19NO7/c1-27-17-7-5-16(6-8-17)22(25)24-19(23(26)29-13-18-3-2-10-28-18)11-15-4-9-20-21(12-15)31-14-30-20/h2-12H,13-14H2,1H3,(H,24,25)/b19-11+. The van der Waals surface area contributed by atoms with Crippen molar-refractivity contribution >= 4 is 18.0 Å². The van der Waals surface area contributed by atoms with Gasteiger partial charge in [-0.25, -0.2) is 4.79 Å². The Bertz CT molecular complexity index is 1100. The van der Waals surface area contributed by atoms with E-state index in [9.17, 15) is 9.59 Å². The van der Waals surface area contributed by atoms with Gasteiger partial charge in [-0.1, -0.05) is 6.07 Å². The second-order valence-electron chi connectivity index (χ2n) is 6.51. The lowest BCUT2D eigenvalue weighted by Crippen LogP contribution is -2.28. The molecule has 0 unspecified atom stereocenters. The Kier molecular flexibility index (Phi) is 5.89. The van der Waals surface area contributed by atoms with Gasteiger partial charge < -0.3 is 28.7 Å². The summed E-state index contributed by atoms with van der Waals surface area (Å²) in [5, 5.41) is 2.62. The molecule has 2 heterocycles. The minimum Gasteiger partial charge on any atom is -0.497 e. The molecule has 1 N–H and O–H groups in total. The summed E-state index contributed by atoms with van der Waals surface area (Å²) in [6, 6.07) is 15.1. The zero-order valence-electron chi connectivity index (χ0n) is 16.6. The number of methoxy groups -OCH3 is 1. The molecule has 31 heavy (non-hydrogen) atoms. The van der Waals surface area contributed by atoms with Crippen LogP contribution in [0.25, 0.3) is 6.08 Å². The maximum Gasteiger partial charge on any atom is 0.355 e. The number of hydrogen-bond acceptors (Lipinski definition) is 7. The van der Waals surface area contributed by atoms with E-state index >= 15 is 0 Å². The summed E-state index contributed by atoms with van der Waals surface area (Å²) in [6.07, 6.45) is 2.99. The largest absolute Gasteiger partial charge is 0.497 e. The lowest BCUT2D eigenvalue weighted by molar-refractivity contribution is -0.141. The molecule has 3 aromatic rings. The summed E-state index contributed by atoms with van der Waals surface area (Å²) in [7, 11) is 1.54. The number of benzene rings is 2. The molecule has 0 fully saturated rings. The number of esters is 1. The van der Waals surface area contributed by atoms with Gasteiger partial charge in [-0.05, 0) is 60.2 Å². The van der Waals surface area contributed by atoms with Crippen LogP contribution in [0.2, 0.25) is 0 Å². The molecular weight excluding hydrogens is 402 g/mol. The van der Waals surface area contributed by atoms with Crippen LogP contribution in [0.4, 0.5) is 0 Å². The fourth-order valence-corrected chi connectivity index (χ4v) is 2.86. The maximum atomic E-state index is 12.7. The van der Waals surface area contributed by atoms with Gasteiger partial charge in [0.2, 0.25) is 6.79 Å². The van der Waals surface area contributed by atoms with Gasteiger partial charge >= 0.3 is 5.97 Å². The van der Waals surface area contributed by atoms with Crippen molar-refractivity contribution in [2.75, 3.05) is 13.9 Å². The maximum absolute atomic E-state index is 12.7. The van der Waals surface area contributed by atoms with E-state index in [2.05, 4.69) is 5.32 Å². The Morgan fingerprint density at radius 3 is 2.61 bits per heavy atom. The van der Waals surface area contributed by atoms with Gasteiger partial charge in [-0.2, -0.15) is 0 Å². The molecule has 0 atom stereocenters. The fraction of sp³-hybridized carbons (Fsp3) is 0.130. The molecule has 0 radical (unpaired) electrons. The number of amides is 1. The van der Waals surface area contributed by atoms with Gasteiger partial charge in [0.1, 0.15) is 23.8 Å². The molecule has 2 aromatic carbocycles. The van der Waals surface area contributed by atoms with Crippen LogP contribution in [0.3, 0.4) is 0 Å². The van der Waals surface area contributed by atoms with E-state index in [1.165, 1.54) is 19.4 Å². The summed E-state index contributed by atoms with van der Waals surface area (Å²) in [4.78, 5) is 25.4. The van der Waals surface area contributed by atoms with Crippen LogP contribution in [0.5, 0.6) is 17.2 Å². The molecular formula is C23H19NO7. The lowest BCUT2D eigenvalue weighted by Gasteiger charge is -2.11. The summed E-state index contributed by atoms with van der Waals surface area (Å²) in [6.45, 7) is 0.0669. The summed E-state index contributed by atoms with van der Waals surface area (Å²) < 4.78 is 26.2. The van der Waals surface area contributed by atoms with Gasteiger partial charge in [-0.3, -0.25) is 4.79 Å². The van der Waals surface area contributed by atoms with E-state index in [-0.39, 0.29) is 19.1 Å². The summed E-state index contributed by atoms with van der Waals surface area (Å²) in [5.41, 5.74) is 0.951. The topological polar surface area (TPSA) is 96.2 Å². The zero-order chi connectivity index (χ0) is 21.6. The molecule has 0 bridgehead atoms. The minimum atomic E-state index is -0.712. The Balaban J connectivity index is 1.56. The Hall–Kier alpha value is -4.20. The molecule has 1 aromatic heterocycles. The van der Waals surface area contributed by atoms with Crippen LogP contribution in [-0.4, -0.2) is 25.8 Å². The highest BCUT2D eigenvalue weighted by Gasteiger charge is 2.18. The second kappa shape index (κ2) is 9.08. The first kappa shape index (κ1) is 20.1. The first-order valence-electron chi connectivity index (χ1n) is 9.38. The van der Waals surface area contributed by atoms with Crippen molar-refractivity contribution in [1.29, 1.82) is 0 Å². The van der Waals surface area contributed by atoms with Crippen LogP contribution < -0.4 is 19.5 Å². The Labute approximate surface area is 178 Å². The van der Waals surface area contributed by atoms with Crippen LogP contribution in [0.15, 0.2) is 71.0 Å². The average Bonchev–Trinajstić information content (AvgIpc) is 3.48. The number of ether oxygens (including phenoxy) is 4. The molecule has 1 amide bonds. The van der Waals surface area contributed by atoms with E-state index in [4.69, 9.17) is 23.4 Å². The third-order valence-electron chi connectivity index (χ3n) is 4.45. The van der Waals surface area contributed by atoms with Crippen molar-refractivity contribution in [1.82, 2.24) is 5.32 Å². The van der Waals surface area contributed by atoms with Crippen molar-refractivity contribution in [3.05, 3.63) is 83.4 Å². The zero-order valence-corrected chi connectivity index (χ0v) is 16.6. The van der Waals surface area contributed by atoms with Gasteiger partial charge in [0.25, 0.3) is 5.91 Å². The number of hydrogen-bond donors (Lipinski definition) is 1. The van der Waals surface area contributed by atoms with E-state index < -0.39 is 11.9 Å². The highest BCUT2D eigenvalue weighted by Crippen LogP contribution is 2.33. The quantitative estimate of drug-likeness (QED) is 0.460. The summed E-state index contributed by atoms with van der Waals surface area (Å²) in [5.74, 6) is 1.09. The van der Waals surface area contributed by atoms with Crippen LogP contribution >= 0.6 is 0 Å². The molecule has 4 rings (SSSR count). The number of rotatable bonds is 7. The van der Waals surface area contributed by atoms with Gasteiger partial charge in [0.05, 0.1) is 13.4 Å². The third kappa shape index (κ3) is 4.87. The first-order valence-corrected chi connectivity index (χ1v) is 9.38. The number of nitrogens with one attached hydrogen (secondary N) is 1. The van der Waals surface area contributed by atoms with Crippen molar-refractivity contribution < 1.29 is 33.0 Å². The predicted molar refractivity (Wildman–Crippen MR) is 110 cm³/mol. The van der Waals surface area contributed by atoms with Gasteiger partial charge in [0.15, 0.2) is 11.5 Å². The van der Waals surface area contributed by atoms with Crippen LogP contribution in [0, 0.1) is 0 Å². The third-order valence-corrected chi connectivity index (χ3v) is 4.45. The monoisotopic (exact) mass is 421 g/mol. The van der Waals surface area contributed by atoms with E-state index in [0.717, 1.165) is 0 Å². The fourth-order valence-electron chi connectivity index (χ4n) is 2.86. The second-order valence-corrected chi connectivity index (χ2v) is 6.51.